The summed E-state index contributed by atoms with van der Waals surface area (Å²) in [6.45, 7) is 0.316. The van der Waals surface area contributed by atoms with E-state index in [2.05, 4.69) is 21.0 Å². The fraction of sp³-hybridized carbons (Fsp3) is 0.0667. The van der Waals surface area contributed by atoms with E-state index in [1.54, 1.807) is 0 Å². The third kappa shape index (κ3) is 3.11. The Morgan fingerprint density at radius 2 is 1.76 bits per heavy atom. The Morgan fingerprint density at radius 3 is 2.43 bits per heavy atom. The smallest absolute Gasteiger partial charge is 0.388 e. The second-order valence-corrected chi connectivity index (χ2v) is 5.38. The van der Waals surface area contributed by atoms with Crippen molar-refractivity contribution in [3.63, 3.8) is 0 Å². The maximum atomic E-state index is 12.9. The molecule has 3 rings (SSSR count). The third-order valence-corrected chi connectivity index (χ3v) is 3.47. The van der Waals surface area contributed by atoms with Gasteiger partial charge in [0, 0.05) is 10.0 Å². The quantitative estimate of drug-likeness (QED) is 0.728. The first-order valence-electron chi connectivity index (χ1n) is 6.20. The van der Waals surface area contributed by atoms with Crippen molar-refractivity contribution in [2.24, 2.45) is 0 Å². The van der Waals surface area contributed by atoms with Crippen LogP contribution in [0, 0.1) is 5.82 Å². The molecule has 0 atom stereocenters. The topological polar surface area (TPSA) is 48.0 Å². The zero-order chi connectivity index (χ0) is 14.8. The zero-order valence-electron chi connectivity index (χ0n) is 10.8. The fourth-order valence-corrected chi connectivity index (χ4v) is 2.14. The molecule has 21 heavy (non-hydrogen) atoms. The lowest BCUT2D eigenvalue weighted by Crippen LogP contribution is -2.16. The number of hydrogen-bond donors (Lipinski definition) is 0. The minimum absolute atomic E-state index is 0.178. The molecule has 106 valence electrons. The molecule has 0 unspecified atom stereocenters. The molecule has 0 radical (unpaired) electrons. The minimum Gasteiger partial charge on any atom is -0.388 e. The van der Waals surface area contributed by atoms with Crippen LogP contribution in [0.3, 0.4) is 0 Å². The standard InChI is InChI=1S/C15H10BrFN2O2/c16-12-5-1-10(2-6-12)9-19-15(20)21-14(18-19)11-3-7-13(17)8-4-11/h1-8H,9H2. The maximum absolute atomic E-state index is 12.9. The Morgan fingerprint density at radius 1 is 1.10 bits per heavy atom. The largest absolute Gasteiger partial charge is 0.437 e. The van der Waals surface area contributed by atoms with Crippen molar-refractivity contribution in [2.45, 2.75) is 6.54 Å². The van der Waals surface area contributed by atoms with Crippen LogP contribution in [0.4, 0.5) is 4.39 Å². The minimum atomic E-state index is -0.544. The third-order valence-electron chi connectivity index (χ3n) is 2.94. The fourth-order valence-electron chi connectivity index (χ4n) is 1.88. The van der Waals surface area contributed by atoms with E-state index in [1.807, 2.05) is 24.3 Å². The van der Waals surface area contributed by atoms with E-state index >= 15 is 0 Å². The molecular formula is C15H10BrFN2O2. The molecule has 0 aliphatic carbocycles. The number of hydrogen-bond acceptors (Lipinski definition) is 3. The van der Waals surface area contributed by atoms with Crippen molar-refractivity contribution in [2.75, 3.05) is 0 Å². The lowest BCUT2D eigenvalue weighted by molar-refractivity contribution is 0.495. The van der Waals surface area contributed by atoms with Gasteiger partial charge in [0.1, 0.15) is 5.82 Å². The van der Waals surface area contributed by atoms with Crippen molar-refractivity contribution in [3.8, 4) is 11.5 Å². The van der Waals surface area contributed by atoms with Crippen LogP contribution in [0.25, 0.3) is 11.5 Å². The molecule has 1 aromatic heterocycles. The number of aromatic nitrogens is 2. The summed E-state index contributed by atoms with van der Waals surface area (Å²) in [7, 11) is 0. The van der Waals surface area contributed by atoms with Crippen molar-refractivity contribution < 1.29 is 8.81 Å². The Kier molecular flexibility index (Phi) is 3.70. The van der Waals surface area contributed by atoms with Gasteiger partial charge in [-0.25, -0.2) is 9.18 Å². The van der Waals surface area contributed by atoms with Gasteiger partial charge in [0.05, 0.1) is 6.54 Å². The molecular weight excluding hydrogens is 339 g/mol. The summed E-state index contributed by atoms with van der Waals surface area (Å²) in [5, 5.41) is 4.13. The molecule has 0 fully saturated rings. The van der Waals surface area contributed by atoms with Crippen LogP contribution in [0.2, 0.25) is 0 Å². The maximum Gasteiger partial charge on any atom is 0.437 e. The van der Waals surface area contributed by atoms with Gasteiger partial charge in [-0.2, -0.15) is 4.68 Å². The molecule has 0 saturated carbocycles. The van der Waals surface area contributed by atoms with Gasteiger partial charge in [-0.1, -0.05) is 28.1 Å². The zero-order valence-corrected chi connectivity index (χ0v) is 12.4. The first kappa shape index (κ1) is 13.8. The molecule has 0 bridgehead atoms. The lowest BCUT2D eigenvalue weighted by Gasteiger charge is -1.99. The number of benzene rings is 2. The highest BCUT2D eigenvalue weighted by molar-refractivity contribution is 9.10. The van der Waals surface area contributed by atoms with Crippen LogP contribution < -0.4 is 5.76 Å². The van der Waals surface area contributed by atoms with Gasteiger partial charge >= 0.3 is 5.76 Å². The Labute approximate surface area is 128 Å². The number of nitrogens with zero attached hydrogens (tertiary/aromatic N) is 2. The lowest BCUT2D eigenvalue weighted by atomic mass is 10.2. The predicted molar refractivity (Wildman–Crippen MR) is 79.4 cm³/mol. The van der Waals surface area contributed by atoms with Gasteiger partial charge in [-0.15, -0.1) is 5.10 Å². The predicted octanol–water partition coefficient (Wildman–Crippen LogP) is 3.45. The van der Waals surface area contributed by atoms with E-state index < -0.39 is 5.76 Å². The number of rotatable bonds is 3. The van der Waals surface area contributed by atoms with E-state index in [0.717, 1.165) is 10.0 Å². The summed E-state index contributed by atoms with van der Waals surface area (Å²) >= 11 is 3.35. The molecule has 4 nitrogen and oxygen atoms in total. The Balaban J connectivity index is 1.89. The number of halogens is 2. The van der Waals surface area contributed by atoms with E-state index in [1.165, 1.54) is 28.9 Å². The molecule has 0 aliphatic rings. The van der Waals surface area contributed by atoms with Crippen LogP contribution in [0.5, 0.6) is 0 Å². The van der Waals surface area contributed by atoms with Crippen LogP contribution in [0.1, 0.15) is 5.56 Å². The van der Waals surface area contributed by atoms with Crippen LogP contribution >= 0.6 is 15.9 Å². The van der Waals surface area contributed by atoms with Gasteiger partial charge in [0.15, 0.2) is 0 Å². The SMILES string of the molecule is O=c1oc(-c2ccc(F)cc2)nn1Cc1ccc(Br)cc1. The van der Waals surface area contributed by atoms with Gasteiger partial charge in [-0.05, 0) is 42.0 Å². The molecule has 6 heteroatoms. The average molecular weight is 349 g/mol. The van der Waals surface area contributed by atoms with Crippen molar-refractivity contribution in [1.29, 1.82) is 0 Å². The first-order chi connectivity index (χ1) is 10.1. The Bertz CT molecular complexity index is 807. The summed E-state index contributed by atoms with van der Waals surface area (Å²) in [4.78, 5) is 11.8. The summed E-state index contributed by atoms with van der Waals surface area (Å²) in [6, 6.07) is 13.2. The van der Waals surface area contributed by atoms with Gasteiger partial charge in [0.25, 0.3) is 0 Å². The summed E-state index contributed by atoms with van der Waals surface area (Å²) in [5.41, 5.74) is 1.49. The second-order valence-electron chi connectivity index (χ2n) is 4.46. The van der Waals surface area contributed by atoms with Crippen LogP contribution in [0.15, 0.2) is 62.2 Å². The molecule has 3 aromatic rings. The molecule has 0 amide bonds. The van der Waals surface area contributed by atoms with E-state index in [4.69, 9.17) is 4.42 Å². The summed E-state index contributed by atoms with van der Waals surface area (Å²) in [6.07, 6.45) is 0. The summed E-state index contributed by atoms with van der Waals surface area (Å²) < 4.78 is 20.2. The highest BCUT2D eigenvalue weighted by atomic mass is 79.9. The van der Waals surface area contributed by atoms with E-state index in [9.17, 15) is 9.18 Å². The summed E-state index contributed by atoms with van der Waals surface area (Å²) in [5.74, 6) is -0.718. The van der Waals surface area contributed by atoms with Gasteiger partial charge in [0.2, 0.25) is 5.89 Å². The molecule has 1 heterocycles. The van der Waals surface area contributed by atoms with Gasteiger partial charge < -0.3 is 4.42 Å². The molecule has 0 N–H and O–H groups in total. The average Bonchev–Trinajstić information content (AvgIpc) is 2.83. The van der Waals surface area contributed by atoms with Crippen molar-refractivity contribution in [1.82, 2.24) is 9.78 Å². The van der Waals surface area contributed by atoms with Crippen LogP contribution in [-0.4, -0.2) is 9.78 Å². The molecule has 0 saturated heterocycles. The normalized spacial score (nSPS) is 10.8. The van der Waals surface area contributed by atoms with Crippen LogP contribution in [-0.2, 0) is 6.54 Å². The van der Waals surface area contributed by atoms with Gasteiger partial charge in [-0.3, -0.25) is 0 Å². The van der Waals surface area contributed by atoms with Crippen molar-refractivity contribution in [3.05, 3.63) is 74.9 Å². The molecule has 0 spiro atoms. The monoisotopic (exact) mass is 348 g/mol. The second kappa shape index (κ2) is 5.65. The molecule has 2 aromatic carbocycles. The highest BCUT2D eigenvalue weighted by Gasteiger charge is 2.10. The Hall–Kier alpha value is -2.21. The van der Waals surface area contributed by atoms with E-state index in [0.29, 0.717) is 12.1 Å². The van der Waals surface area contributed by atoms with Crippen molar-refractivity contribution >= 4 is 15.9 Å². The molecule has 0 aliphatic heterocycles. The first-order valence-corrected chi connectivity index (χ1v) is 6.99. The van der Waals surface area contributed by atoms with E-state index in [-0.39, 0.29) is 11.7 Å². The highest BCUT2D eigenvalue weighted by Crippen LogP contribution is 2.16.